The fraction of sp³-hybridized carbons (Fsp3) is 0.593. The highest BCUT2D eigenvalue weighted by molar-refractivity contribution is 9.10. The smallest absolute Gasteiger partial charge is 0.343 e. The minimum atomic E-state index is -0.472. The Balaban J connectivity index is 1.63. The van der Waals surface area contributed by atoms with Crippen LogP contribution in [0, 0.1) is 0 Å². The van der Waals surface area contributed by atoms with Crippen molar-refractivity contribution in [3.8, 4) is 11.5 Å². The molecule has 1 amide bonds. The number of thioether (sulfide) groups is 1. The molecule has 4 rings (SSSR count). The fourth-order valence-electron chi connectivity index (χ4n) is 4.98. The lowest BCUT2D eigenvalue weighted by Gasteiger charge is -2.31. The summed E-state index contributed by atoms with van der Waals surface area (Å²) in [5, 5.41) is 0.865. The van der Waals surface area contributed by atoms with E-state index in [1.807, 2.05) is 24.0 Å². The molecule has 0 N–H and O–H groups in total. The molecule has 0 aromatic heterocycles. The number of rotatable bonds is 8. The molecule has 1 saturated heterocycles. The molecule has 36 heavy (non-hydrogen) atoms. The number of aliphatic imine (C=N–C) groups is 1. The molecule has 0 bridgehead atoms. The normalized spacial score (nSPS) is 21.9. The van der Waals surface area contributed by atoms with Gasteiger partial charge in [-0.3, -0.25) is 14.7 Å². The molecule has 3 aliphatic rings. The second kappa shape index (κ2) is 13.0. The standard InChI is InChI=1S/C27H35BrN2O5S/c1-3-34-22-14-18(21(28)16-23(22)35-17-25(31)33-2)15-24-26(32)30(20-12-8-5-9-13-20)27(36-24)29-19-10-6-4-7-11-19/h14-16,19-20H,3-13,17H2,1-2H3. The Morgan fingerprint density at radius 2 is 1.75 bits per heavy atom. The monoisotopic (exact) mass is 578 g/mol. The summed E-state index contributed by atoms with van der Waals surface area (Å²) in [6, 6.07) is 4.13. The van der Waals surface area contributed by atoms with Gasteiger partial charge in [-0.15, -0.1) is 0 Å². The lowest BCUT2D eigenvalue weighted by Crippen LogP contribution is -2.41. The minimum Gasteiger partial charge on any atom is -0.490 e. The first-order valence-corrected chi connectivity index (χ1v) is 14.6. The van der Waals surface area contributed by atoms with Crippen LogP contribution in [-0.4, -0.2) is 54.4 Å². The van der Waals surface area contributed by atoms with Gasteiger partial charge in [-0.05, 0) is 68.1 Å². The summed E-state index contributed by atoms with van der Waals surface area (Å²) in [4.78, 5) is 33.0. The van der Waals surface area contributed by atoms with Crippen LogP contribution >= 0.6 is 27.7 Å². The molecule has 0 unspecified atom stereocenters. The van der Waals surface area contributed by atoms with E-state index in [-0.39, 0.29) is 18.6 Å². The van der Waals surface area contributed by atoms with Gasteiger partial charge in [0, 0.05) is 10.5 Å². The van der Waals surface area contributed by atoms with Crippen molar-refractivity contribution in [3.63, 3.8) is 0 Å². The van der Waals surface area contributed by atoms with Gasteiger partial charge in [0.05, 0.1) is 24.7 Å². The van der Waals surface area contributed by atoms with E-state index in [0.29, 0.717) is 29.1 Å². The summed E-state index contributed by atoms with van der Waals surface area (Å²) >= 11 is 5.10. The predicted molar refractivity (Wildman–Crippen MR) is 146 cm³/mol. The minimum absolute atomic E-state index is 0.0392. The number of halogens is 1. The van der Waals surface area contributed by atoms with E-state index < -0.39 is 5.97 Å². The Hall–Kier alpha value is -2.00. The average molecular weight is 580 g/mol. The molecule has 1 aromatic carbocycles. The van der Waals surface area contributed by atoms with Crippen LogP contribution in [0.4, 0.5) is 0 Å². The number of benzene rings is 1. The van der Waals surface area contributed by atoms with Crippen molar-refractivity contribution < 1.29 is 23.8 Å². The number of nitrogens with zero attached hydrogens (tertiary/aromatic N) is 2. The quantitative estimate of drug-likeness (QED) is 0.264. The van der Waals surface area contributed by atoms with Crippen molar-refractivity contribution in [2.45, 2.75) is 83.2 Å². The number of amides is 1. The van der Waals surface area contributed by atoms with E-state index >= 15 is 0 Å². The maximum atomic E-state index is 13.7. The van der Waals surface area contributed by atoms with Crippen LogP contribution in [-0.2, 0) is 14.3 Å². The lowest BCUT2D eigenvalue weighted by atomic mass is 9.94. The lowest BCUT2D eigenvalue weighted by molar-refractivity contribution is -0.143. The van der Waals surface area contributed by atoms with Gasteiger partial charge in [0.25, 0.3) is 5.91 Å². The zero-order valence-corrected chi connectivity index (χ0v) is 23.5. The molecular weight excluding hydrogens is 544 g/mol. The molecule has 1 aromatic rings. The van der Waals surface area contributed by atoms with E-state index in [1.54, 1.807) is 6.07 Å². The summed E-state index contributed by atoms with van der Waals surface area (Å²) < 4.78 is 16.8. The van der Waals surface area contributed by atoms with Crippen molar-refractivity contribution in [3.05, 3.63) is 27.1 Å². The highest BCUT2D eigenvalue weighted by Crippen LogP contribution is 2.41. The molecule has 196 valence electrons. The fourth-order valence-corrected chi connectivity index (χ4v) is 6.52. The summed E-state index contributed by atoms with van der Waals surface area (Å²) in [6.07, 6.45) is 13.4. The highest BCUT2D eigenvalue weighted by Gasteiger charge is 2.39. The van der Waals surface area contributed by atoms with Crippen LogP contribution in [0.2, 0.25) is 0 Å². The van der Waals surface area contributed by atoms with Crippen molar-refractivity contribution in [1.82, 2.24) is 4.90 Å². The third kappa shape index (κ3) is 6.65. The Morgan fingerprint density at radius 3 is 2.42 bits per heavy atom. The maximum Gasteiger partial charge on any atom is 0.343 e. The SMILES string of the molecule is CCOc1cc(C=C2SC(=NC3CCCCC3)N(C3CCCCC3)C2=O)c(Br)cc1OCC(=O)OC. The molecule has 7 nitrogen and oxygen atoms in total. The maximum absolute atomic E-state index is 13.7. The highest BCUT2D eigenvalue weighted by atomic mass is 79.9. The Labute approximate surface area is 226 Å². The number of esters is 1. The molecule has 9 heteroatoms. The van der Waals surface area contributed by atoms with E-state index in [2.05, 4.69) is 20.7 Å². The molecule has 2 aliphatic carbocycles. The topological polar surface area (TPSA) is 77.4 Å². The predicted octanol–water partition coefficient (Wildman–Crippen LogP) is 6.34. The summed E-state index contributed by atoms with van der Waals surface area (Å²) in [5.41, 5.74) is 0.808. The van der Waals surface area contributed by atoms with Gasteiger partial charge < -0.3 is 14.2 Å². The molecule has 2 saturated carbocycles. The second-order valence-corrected chi connectivity index (χ2v) is 11.3. The van der Waals surface area contributed by atoms with E-state index in [1.165, 1.54) is 44.6 Å². The number of carbonyl (C=O) groups excluding carboxylic acids is 2. The third-order valence-corrected chi connectivity index (χ3v) is 8.55. The van der Waals surface area contributed by atoms with E-state index in [9.17, 15) is 9.59 Å². The van der Waals surface area contributed by atoms with Crippen LogP contribution in [0.5, 0.6) is 11.5 Å². The first-order chi connectivity index (χ1) is 17.5. The number of amidine groups is 1. The van der Waals surface area contributed by atoms with Gasteiger partial charge >= 0.3 is 5.97 Å². The summed E-state index contributed by atoms with van der Waals surface area (Å²) in [6.45, 7) is 2.11. The number of methoxy groups -OCH3 is 1. The molecular formula is C27H35BrN2O5S. The van der Waals surface area contributed by atoms with E-state index in [0.717, 1.165) is 53.7 Å². The molecule has 1 aliphatic heterocycles. The number of ether oxygens (including phenoxy) is 3. The van der Waals surface area contributed by atoms with Gasteiger partial charge in [-0.1, -0.05) is 54.5 Å². The largest absolute Gasteiger partial charge is 0.490 e. The van der Waals surface area contributed by atoms with Crippen molar-refractivity contribution >= 4 is 50.8 Å². The summed E-state index contributed by atoms with van der Waals surface area (Å²) in [5.74, 6) is 0.509. The van der Waals surface area contributed by atoms with Crippen molar-refractivity contribution in [2.24, 2.45) is 4.99 Å². The van der Waals surface area contributed by atoms with Gasteiger partial charge in [0.2, 0.25) is 0 Å². The molecule has 0 spiro atoms. The third-order valence-electron chi connectivity index (χ3n) is 6.87. The molecule has 0 radical (unpaired) electrons. The molecule has 1 heterocycles. The van der Waals surface area contributed by atoms with Gasteiger partial charge in [0.1, 0.15) is 0 Å². The van der Waals surface area contributed by atoms with Crippen molar-refractivity contribution in [1.29, 1.82) is 0 Å². The van der Waals surface area contributed by atoms with Crippen LogP contribution in [0.15, 0.2) is 26.5 Å². The zero-order chi connectivity index (χ0) is 25.5. The van der Waals surface area contributed by atoms with Crippen LogP contribution in [0.1, 0.15) is 76.7 Å². The Bertz CT molecular complexity index is 1020. The number of carbonyl (C=O) groups is 2. The van der Waals surface area contributed by atoms with Gasteiger partial charge in [0.15, 0.2) is 23.3 Å². The summed E-state index contributed by atoms with van der Waals surface area (Å²) in [7, 11) is 1.32. The molecule has 3 fully saturated rings. The van der Waals surface area contributed by atoms with Gasteiger partial charge in [-0.25, -0.2) is 4.79 Å². The molecule has 0 atom stereocenters. The second-order valence-electron chi connectivity index (χ2n) is 9.40. The van der Waals surface area contributed by atoms with Crippen LogP contribution < -0.4 is 9.47 Å². The van der Waals surface area contributed by atoms with E-state index in [4.69, 9.17) is 14.5 Å². The first kappa shape index (κ1) is 27.0. The number of hydrogen-bond donors (Lipinski definition) is 0. The Kier molecular flexibility index (Phi) is 9.76. The van der Waals surface area contributed by atoms with Gasteiger partial charge in [-0.2, -0.15) is 0 Å². The van der Waals surface area contributed by atoms with Crippen LogP contribution in [0.25, 0.3) is 6.08 Å². The van der Waals surface area contributed by atoms with Crippen LogP contribution in [0.3, 0.4) is 0 Å². The number of hydrogen-bond acceptors (Lipinski definition) is 7. The average Bonchev–Trinajstić information content (AvgIpc) is 3.20. The van der Waals surface area contributed by atoms with Crippen molar-refractivity contribution in [2.75, 3.05) is 20.3 Å². The Morgan fingerprint density at radius 1 is 1.08 bits per heavy atom. The first-order valence-electron chi connectivity index (χ1n) is 13.0. The zero-order valence-electron chi connectivity index (χ0n) is 21.1.